The molecule has 40 heavy (non-hydrogen) atoms. The van der Waals surface area contributed by atoms with E-state index in [2.05, 4.69) is 40.9 Å². The van der Waals surface area contributed by atoms with Gasteiger partial charge in [0.25, 0.3) is 0 Å². The van der Waals surface area contributed by atoms with Crippen molar-refractivity contribution in [1.29, 1.82) is 0 Å². The van der Waals surface area contributed by atoms with Crippen molar-refractivity contribution in [1.82, 2.24) is 9.47 Å². The van der Waals surface area contributed by atoms with Gasteiger partial charge in [-0.2, -0.15) is 0 Å². The molecule has 214 valence electrons. The molecule has 0 saturated heterocycles. The summed E-state index contributed by atoms with van der Waals surface area (Å²) in [5.74, 6) is 1.23. The zero-order chi connectivity index (χ0) is 28.2. The molecule has 2 aliphatic rings. The van der Waals surface area contributed by atoms with E-state index >= 15 is 0 Å². The first kappa shape index (κ1) is 28.5. The minimum atomic E-state index is -0.420. The number of carbonyl (C=O) groups excluding carboxylic acids is 1. The van der Waals surface area contributed by atoms with Gasteiger partial charge in [-0.25, -0.2) is 0 Å². The van der Waals surface area contributed by atoms with Gasteiger partial charge in [0.2, 0.25) is 0 Å². The Bertz CT molecular complexity index is 1320. The van der Waals surface area contributed by atoms with E-state index in [4.69, 9.17) is 30.5 Å². The molecule has 5 rings (SSSR count). The maximum atomic E-state index is 12.4. The molecule has 0 N–H and O–H groups in total. The number of hydrogen-bond donors (Lipinski definition) is 0. The van der Waals surface area contributed by atoms with E-state index in [-0.39, 0.29) is 18.0 Å². The number of fused-ring (bicyclic) bond motifs is 3. The van der Waals surface area contributed by atoms with Crippen LogP contribution in [0, 0.1) is 5.92 Å². The van der Waals surface area contributed by atoms with E-state index in [0.717, 1.165) is 61.2 Å². The Labute approximate surface area is 241 Å². The lowest BCUT2D eigenvalue weighted by molar-refractivity contribution is -0.149. The third-order valence-electron chi connectivity index (χ3n) is 8.29. The van der Waals surface area contributed by atoms with Crippen LogP contribution in [0.15, 0.2) is 54.7 Å². The molecule has 0 spiro atoms. The van der Waals surface area contributed by atoms with Crippen molar-refractivity contribution in [3.05, 3.63) is 76.6 Å². The summed E-state index contributed by atoms with van der Waals surface area (Å²) in [7, 11) is 5.45. The second kappa shape index (κ2) is 12.7. The van der Waals surface area contributed by atoms with Gasteiger partial charge in [-0.3, -0.25) is 4.79 Å². The highest BCUT2D eigenvalue weighted by atomic mass is 35.5. The lowest BCUT2D eigenvalue weighted by atomic mass is 9.85. The zero-order valence-corrected chi connectivity index (χ0v) is 24.5. The average Bonchev–Trinajstić information content (AvgIpc) is 3.42. The number of benzene rings is 2. The highest BCUT2D eigenvalue weighted by molar-refractivity contribution is 6.30. The van der Waals surface area contributed by atoms with E-state index in [1.54, 1.807) is 14.2 Å². The molecule has 1 aliphatic heterocycles. The van der Waals surface area contributed by atoms with Crippen LogP contribution in [0.2, 0.25) is 5.02 Å². The molecule has 1 aliphatic carbocycles. The van der Waals surface area contributed by atoms with Crippen LogP contribution in [0.4, 0.5) is 0 Å². The molecule has 4 atom stereocenters. The predicted molar refractivity (Wildman–Crippen MR) is 156 cm³/mol. The summed E-state index contributed by atoms with van der Waals surface area (Å²) >= 11 is 6.53. The largest absolute Gasteiger partial charge is 0.493 e. The van der Waals surface area contributed by atoms with Gasteiger partial charge in [-0.15, -0.1) is 0 Å². The van der Waals surface area contributed by atoms with Crippen molar-refractivity contribution in [2.75, 3.05) is 34.4 Å². The van der Waals surface area contributed by atoms with Crippen LogP contribution in [0.3, 0.4) is 0 Å². The molecule has 0 radical (unpaired) electrons. The van der Waals surface area contributed by atoms with Gasteiger partial charge in [0, 0.05) is 34.9 Å². The smallest absolute Gasteiger partial charge is 0.308 e. The summed E-state index contributed by atoms with van der Waals surface area (Å²) in [5.41, 5.74) is 3.98. The van der Waals surface area contributed by atoms with Crippen LogP contribution < -0.4 is 9.47 Å². The van der Waals surface area contributed by atoms with Crippen LogP contribution >= 0.6 is 11.6 Å². The van der Waals surface area contributed by atoms with Crippen LogP contribution in [-0.2, 0) is 14.3 Å². The third kappa shape index (κ3) is 5.73. The van der Waals surface area contributed by atoms with Crippen molar-refractivity contribution in [2.24, 2.45) is 5.92 Å². The van der Waals surface area contributed by atoms with Gasteiger partial charge >= 0.3 is 5.97 Å². The maximum absolute atomic E-state index is 12.4. The summed E-state index contributed by atoms with van der Waals surface area (Å²) in [6.07, 6.45) is 6.13. The molecule has 0 amide bonds. The second-order valence-electron chi connectivity index (χ2n) is 10.6. The topological polar surface area (TPSA) is 62.2 Å². The third-order valence-corrected chi connectivity index (χ3v) is 8.53. The molecule has 2 heterocycles. The normalized spacial score (nSPS) is 22.2. The Morgan fingerprint density at radius 2 is 1.95 bits per heavy atom. The van der Waals surface area contributed by atoms with E-state index in [1.165, 1.54) is 0 Å². The lowest BCUT2D eigenvalue weighted by Crippen LogP contribution is -2.39. The fraction of sp³-hybridized carbons (Fsp3) is 0.469. The quantitative estimate of drug-likeness (QED) is 0.267. The van der Waals surface area contributed by atoms with Crippen molar-refractivity contribution in [3.63, 3.8) is 0 Å². The monoisotopic (exact) mass is 566 g/mol. The first-order valence-electron chi connectivity index (χ1n) is 14.1. The fourth-order valence-electron chi connectivity index (χ4n) is 6.26. The van der Waals surface area contributed by atoms with Crippen molar-refractivity contribution >= 4 is 17.6 Å². The van der Waals surface area contributed by atoms with Gasteiger partial charge in [0.05, 0.1) is 38.1 Å². The molecular formula is C32H39ClN2O5. The predicted octanol–water partition coefficient (Wildman–Crippen LogP) is 6.75. The summed E-state index contributed by atoms with van der Waals surface area (Å²) in [4.78, 5) is 14.8. The number of ether oxygens (including phenoxy) is 4. The highest BCUT2D eigenvalue weighted by Crippen LogP contribution is 2.46. The van der Waals surface area contributed by atoms with Crippen LogP contribution in [0.1, 0.15) is 68.1 Å². The maximum Gasteiger partial charge on any atom is 0.308 e. The average molecular weight is 567 g/mol. The Hall–Kier alpha value is -3.00. The number of nitrogens with zero attached hydrogens (tertiary/aromatic N) is 2. The number of hydrogen-bond acceptors (Lipinski definition) is 6. The van der Waals surface area contributed by atoms with Crippen LogP contribution in [-0.4, -0.2) is 55.9 Å². The standard InChI is InChI=1S/C32H39ClN2O5/c1-5-39-32(36)21-9-6-10-23(19-21)34(2)18-16-28-27-12-8-17-35(27)26-15-14-22(33)20-25(26)30(40-28)24-11-7-13-29(37-3)31(24)38-4/h7-8,11-15,17,20-21,23,28,30H,5-6,9-10,16,18-19H2,1-4H3/t21-,23+,28+,30+/m0/s1. The van der Waals surface area contributed by atoms with E-state index in [9.17, 15) is 4.79 Å². The van der Waals surface area contributed by atoms with Crippen LogP contribution in [0.25, 0.3) is 5.69 Å². The minimum Gasteiger partial charge on any atom is -0.493 e. The number of aromatic nitrogens is 1. The summed E-state index contributed by atoms with van der Waals surface area (Å²) < 4.78 is 26.0. The van der Waals surface area contributed by atoms with E-state index in [1.807, 2.05) is 37.3 Å². The zero-order valence-electron chi connectivity index (χ0n) is 23.8. The number of para-hydroxylation sites is 1. The molecule has 0 bridgehead atoms. The summed E-state index contributed by atoms with van der Waals surface area (Å²) in [6, 6.07) is 16.4. The van der Waals surface area contributed by atoms with Crippen molar-refractivity contribution in [2.45, 2.75) is 57.3 Å². The van der Waals surface area contributed by atoms with Gasteiger partial charge < -0.3 is 28.4 Å². The van der Waals surface area contributed by atoms with Gasteiger partial charge in [-0.05, 0) is 76.1 Å². The fourth-order valence-corrected chi connectivity index (χ4v) is 6.44. The molecule has 2 aromatic carbocycles. The molecule has 0 unspecified atom stereocenters. The number of halogens is 1. The molecule has 1 fully saturated rings. The van der Waals surface area contributed by atoms with Crippen LogP contribution in [0.5, 0.6) is 11.5 Å². The van der Waals surface area contributed by atoms with E-state index < -0.39 is 6.10 Å². The van der Waals surface area contributed by atoms with Gasteiger partial charge in [0.15, 0.2) is 11.5 Å². The Morgan fingerprint density at radius 1 is 1.10 bits per heavy atom. The SMILES string of the molecule is CCOC(=O)[C@H]1CCC[C@@H](N(C)CC[C@H]2O[C@H](c3cccc(OC)c3OC)c3cc(Cl)ccc3-n3cccc32)C1. The highest BCUT2D eigenvalue weighted by Gasteiger charge is 2.34. The van der Waals surface area contributed by atoms with Crippen molar-refractivity contribution < 1.29 is 23.7 Å². The van der Waals surface area contributed by atoms with Gasteiger partial charge in [-0.1, -0.05) is 30.2 Å². The number of methoxy groups -OCH3 is 2. The van der Waals surface area contributed by atoms with E-state index in [0.29, 0.717) is 29.2 Å². The Morgan fingerprint density at radius 3 is 2.73 bits per heavy atom. The van der Waals surface area contributed by atoms with Gasteiger partial charge in [0.1, 0.15) is 12.2 Å². The lowest BCUT2D eigenvalue weighted by Gasteiger charge is -2.35. The molecule has 3 aromatic rings. The number of esters is 1. The van der Waals surface area contributed by atoms with Crippen molar-refractivity contribution in [3.8, 4) is 17.2 Å². The molecule has 8 heteroatoms. The first-order chi connectivity index (χ1) is 19.4. The second-order valence-corrected chi connectivity index (χ2v) is 11.1. The summed E-state index contributed by atoms with van der Waals surface area (Å²) in [5, 5.41) is 0.648. The first-order valence-corrected chi connectivity index (χ1v) is 14.5. The Kier molecular flexibility index (Phi) is 9.03. The molecular weight excluding hydrogens is 528 g/mol. The minimum absolute atomic E-state index is 0.0170. The number of rotatable bonds is 9. The molecule has 7 nitrogen and oxygen atoms in total. The molecule has 1 saturated carbocycles. The molecule has 1 aromatic heterocycles. The summed E-state index contributed by atoms with van der Waals surface area (Å²) in [6.45, 7) is 3.13. The number of carbonyl (C=O) groups is 1. The Balaban J connectivity index is 1.44.